The van der Waals surface area contributed by atoms with Crippen molar-refractivity contribution in [1.29, 1.82) is 0 Å². The second-order valence-electron chi connectivity index (χ2n) is 4.46. The molecule has 5 heteroatoms. The van der Waals surface area contributed by atoms with Crippen molar-refractivity contribution in [3.63, 3.8) is 0 Å². The van der Waals surface area contributed by atoms with E-state index in [0.717, 1.165) is 12.2 Å². The molecule has 0 radical (unpaired) electrons. The first kappa shape index (κ1) is 13.0. The Morgan fingerprint density at radius 3 is 2.79 bits per heavy atom. The number of hydrogen-bond donors (Lipinski definition) is 3. The molecule has 19 heavy (non-hydrogen) atoms. The van der Waals surface area contributed by atoms with E-state index in [1.54, 1.807) is 18.4 Å². The van der Waals surface area contributed by atoms with Crippen LogP contribution >= 0.6 is 0 Å². The minimum atomic E-state index is -0.528. The van der Waals surface area contributed by atoms with Gasteiger partial charge in [0.2, 0.25) is 0 Å². The van der Waals surface area contributed by atoms with Crippen LogP contribution in [-0.2, 0) is 6.42 Å². The Balaban J connectivity index is 2.10. The molecule has 1 aromatic carbocycles. The fourth-order valence-corrected chi connectivity index (χ4v) is 1.95. The van der Waals surface area contributed by atoms with Crippen molar-refractivity contribution >= 4 is 17.3 Å². The molecule has 100 valence electrons. The maximum absolute atomic E-state index is 11.2. The van der Waals surface area contributed by atoms with Crippen molar-refractivity contribution in [2.24, 2.45) is 5.73 Å². The van der Waals surface area contributed by atoms with Crippen LogP contribution in [0.2, 0.25) is 0 Å². The minimum absolute atomic E-state index is 0.122. The number of anilines is 2. The Morgan fingerprint density at radius 2 is 2.16 bits per heavy atom. The second kappa shape index (κ2) is 5.48. The maximum Gasteiger partial charge on any atom is 0.250 e. The molecule has 0 aliphatic heterocycles. The summed E-state index contributed by atoms with van der Waals surface area (Å²) in [5, 5.41) is 3.25. The topological polar surface area (TPSA) is 94.3 Å². The summed E-state index contributed by atoms with van der Waals surface area (Å²) in [5.74, 6) is 0.365. The monoisotopic (exact) mass is 259 g/mol. The third kappa shape index (κ3) is 3.07. The predicted octanol–water partition coefficient (Wildman–Crippen LogP) is 2.00. The predicted molar refractivity (Wildman–Crippen MR) is 74.9 cm³/mol. The Labute approximate surface area is 111 Å². The number of amides is 1. The van der Waals surface area contributed by atoms with Gasteiger partial charge in [0, 0.05) is 12.5 Å². The summed E-state index contributed by atoms with van der Waals surface area (Å²) in [7, 11) is 0. The smallest absolute Gasteiger partial charge is 0.250 e. The SMILES string of the molecule is CC(Cc1ccco1)Nc1cccc(C(N)=O)c1N. The molecule has 1 amide bonds. The highest BCUT2D eigenvalue weighted by Gasteiger charge is 2.12. The van der Waals surface area contributed by atoms with E-state index in [1.807, 2.05) is 25.1 Å². The van der Waals surface area contributed by atoms with Crippen molar-refractivity contribution in [1.82, 2.24) is 0 Å². The molecule has 1 aromatic heterocycles. The Kier molecular flexibility index (Phi) is 3.75. The molecule has 2 aromatic rings. The first-order chi connectivity index (χ1) is 9.08. The number of hydrogen-bond acceptors (Lipinski definition) is 4. The molecule has 5 nitrogen and oxygen atoms in total. The zero-order valence-corrected chi connectivity index (χ0v) is 10.7. The van der Waals surface area contributed by atoms with Gasteiger partial charge in [-0.2, -0.15) is 0 Å². The summed E-state index contributed by atoms with van der Waals surface area (Å²) < 4.78 is 5.29. The lowest BCUT2D eigenvalue weighted by molar-refractivity contribution is 0.100. The van der Waals surface area contributed by atoms with Gasteiger partial charge in [-0.25, -0.2) is 0 Å². The van der Waals surface area contributed by atoms with Gasteiger partial charge in [0.25, 0.3) is 5.91 Å². The van der Waals surface area contributed by atoms with E-state index in [0.29, 0.717) is 16.9 Å². The van der Waals surface area contributed by atoms with Crippen molar-refractivity contribution in [2.45, 2.75) is 19.4 Å². The third-order valence-electron chi connectivity index (χ3n) is 2.86. The van der Waals surface area contributed by atoms with Gasteiger partial charge >= 0.3 is 0 Å². The third-order valence-corrected chi connectivity index (χ3v) is 2.86. The van der Waals surface area contributed by atoms with Crippen molar-refractivity contribution < 1.29 is 9.21 Å². The molecule has 2 rings (SSSR count). The average molecular weight is 259 g/mol. The first-order valence-electron chi connectivity index (χ1n) is 6.05. The van der Waals surface area contributed by atoms with E-state index in [1.165, 1.54) is 0 Å². The van der Waals surface area contributed by atoms with Crippen LogP contribution in [0, 0.1) is 0 Å². The zero-order chi connectivity index (χ0) is 13.8. The first-order valence-corrected chi connectivity index (χ1v) is 6.05. The van der Waals surface area contributed by atoms with Crippen LogP contribution in [0.3, 0.4) is 0 Å². The number of carbonyl (C=O) groups excluding carboxylic acids is 1. The summed E-state index contributed by atoms with van der Waals surface area (Å²) in [6.07, 6.45) is 2.37. The van der Waals surface area contributed by atoms with Gasteiger partial charge in [0.05, 0.1) is 23.2 Å². The van der Waals surface area contributed by atoms with Gasteiger partial charge in [0.1, 0.15) is 5.76 Å². The number of nitrogen functional groups attached to an aromatic ring is 1. The van der Waals surface area contributed by atoms with Gasteiger partial charge < -0.3 is 21.2 Å². The highest BCUT2D eigenvalue weighted by molar-refractivity contribution is 6.00. The summed E-state index contributed by atoms with van der Waals surface area (Å²) in [6.45, 7) is 2.01. The van der Waals surface area contributed by atoms with E-state index in [-0.39, 0.29) is 6.04 Å². The average Bonchev–Trinajstić information content (AvgIpc) is 2.84. The molecule has 0 spiro atoms. The van der Waals surface area contributed by atoms with Gasteiger partial charge in [0.15, 0.2) is 0 Å². The number of nitrogens with two attached hydrogens (primary N) is 2. The molecule has 0 bridgehead atoms. The van der Waals surface area contributed by atoms with E-state index < -0.39 is 5.91 Å². The Morgan fingerprint density at radius 1 is 1.37 bits per heavy atom. The lowest BCUT2D eigenvalue weighted by Gasteiger charge is -2.16. The maximum atomic E-state index is 11.2. The highest BCUT2D eigenvalue weighted by atomic mass is 16.3. The van der Waals surface area contributed by atoms with Crippen LogP contribution < -0.4 is 16.8 Å². The summed E-state index contributed by atoms with van der Waals surface area (Å²) in [4.78, 5) is 11.2. The van der Waals surface area contributed by atoms with Gasteiger partial charge in [-0.1, -0.05) is 6.07 Å². The van der Waals surface area contributed by atoms with Crippen molar-refractivity contribution in [2.75, 3.05) is 11.1 Å². The largest absolute Gasteiger partial charge is 0.469 e. The number of furan rings is 1. The van der Waals surface area contributed by atoms with Gasteiger partial charge in [-0.3, -0.25) is 4.79 Å². The van der Waals surface area contributed by atoms with Crippen LogP contribution in [0.15, 0.2) is 41.0 Å². The van der Waals surface area contributed by atoms with Crippen LogP contribution in [-0.4, -0.2) is 11.9 Å². The number of nitrogens with one attached hydrogen (secondary N) is 1. The van der Waals surface area contributed by atoms with Gasteiger partial charge in [-0.15, -0.1) is 0 Å². The van der Waals surface area contributed by atoms with Crippen LogP contribution in [0.4, 0.5) is 11.4 Å². The molecule has 1 heterocycles. The number of primary amides is 1. The van der Waals surface area contributed by atoms with Crippen molar-refractivity contribution in [3.8, 4) is 0 Å². The molecule has 0 saturated carbocycles. The number of carbonyl (C=O) groups is 1. The molecule has 0 saturated heterocycles. The molecular formula is C14H17N3O2. The molecule has 1 atom stereocenters. The minimum Gasteiger partial charge on any atom is -0.469 e. The molecular weight excluding hydrogens is 242 g/mol. The Bertz CT molecular complexity index is 564. The Hall–Kier alpha value is -2.43. The van der Waals surface area contributed by atoms with Crippen LogP contribution in [0.5, 0.6) is 0 Å². The van der Waals surface area contributed by atoms with Crippen LogP contribution in [0.1, 0.15) is 23.0 Å². The number of para-hydroxylation sites is 1. The molecule has 0 fully saturated rings. The summed E-state index contributed by atoms with van der Waals surface area (Å²) in [6, 6.07) is 9.07. The summed E-state index contributed by atoms with van der Waals surface area (Å²) in [5.41, 5.74) is 12.6. The second-order valence-corrected chi connectivity index (χ2v) is 4.46. The normalized spacial score (nSPS) is 12.1. The van der Waals surface area contributed by atoms with Crippen LogP contribution in [0.25, 0.3) is 0 Å². The summed E-state index contributed by atoms with van der Waals surface area (Å²) >= 11 is 0. The quantitative estimate of drug-likeness (QED) is 0.716. The fourth-order valence-electron chi connectivity index (χ4n) is 1.95. The standard InChI is InChI=1S/C14H17N3O2/c1-9(8-10-4-3-7-19-10)17-12-6-2-5-11(13(12)15)14(16)18/h2-7,9,17H,8,15H2,1H3,(H2,16,18). The number of benzene rings is 1. The van der Waals surface area contributed by atoms with E-state index in [9.17, 15) is 4.79 Å². The fraction of sp³-hybridized carbons (Fsp3) is 0.214. The van der Waals surface area contributed by atoms with Crippen molar-refractivity contribution in [3.05, 3.63) is 47.9 Å². The lowest BCUT2D eigenvalue weighted by atomic mass is 10.1. The molecule has 0 aliphatic carbocycles. The molecule has 0 aliphatic rings. The van der Waals surface area contributed by atoms with Gasteiger partial charge in [-0.05, 0) is 31.2 Å². The van der Waals surface area contributed by atoms with E-state index in [2.05, 4.69) is 5.32 Å². The number of rotatable bonds is 5. The lowest BCUT2D eigenvalue weighted by Crippen LogP contribution is -2.20. The molecule has 1 unspecified atom stereocenters. The van der Waals surface area contributed by atoms with E-state index in [4.69, 9.17) is 15.9 Å². The highest BCUT2D eigenvalue weighted by Crippen LogP contribution is 2.23. The van der Waals surface area contributed by atoms with E-state index >= 15 is 0 Å². The zero-order valence-electron chi connectivity index (χ0n) is 10.7. The molecule has 5 N–H and O–H groups in total.